The molecule has 1 unspecified atom stereocenters. The maximum atomic E-state index is 13.3. The van der Waals surface area contributed by atoms with E-state index >= 15 is 0 Å². The van der Waals surface area contributed by atoms with E-state index in [-0.39, 0.29) is 10.6 Å². The molecule has 0 aliphatic heterocycles. The van der Waals surface area contributed by atoms with Gasteiger partial charge in [-0.2, -0.15) is 13.2 Å². The quantitative estimate of drug-likeness (QED) is 0.818. The minimum atomic E-state index is -4.43. The van der Waals surface area contributed by atoms with Gasteiger partial charge in [0.2, 0.25) is 0 Å². The molecule has 0 radical (unpaired) electrons. The highest BCUT2D eigenvalue weighted by Gasteiger charge is 2.39. The molecule has 1 nitrogen and oxygen atoms in total. The van der Waals surface area contributed by atoms with Crippen molar-refractivity contribution in [3.63, 3.8) is 0 Å². The van der Waals surface area contributed by atoms with Crippen molar-refractivity contribution in [1.82, 2.24) is 5.32 Å². The highest BCUT2D eigenvalue weighted by Crippen LogP contribution is 2.27. The highest BCUT2D eigenvalue weighted by molar-refractivity contribution is 6.31. The molecular weight excluding hydrogens is 246 g/mol. The number of hydrogen-bond acceptors (Lipinski definition) is 1. The summed E-state index contributed by atoms with van der Waals surface area (Å²) >= 11 is 5.65. The zero-order chi connectivity index (χ0) is 12.3. The first-order valence-corrected chi connectivity index (χ1v) is 4.91. The molecule has 0 aromatic heterocycles. The molecule has 0 bridgehead atoms. The van der Waals surface area contributed by atoms with Crippen molar-refractivity contribution in [3.05, 3.63) is 34.6 Å². The van der Waals surface area contributed by atoms with Crippen LogP contribution in [0.5, 0.6) is 0 Å². The Morgan fingerprint density at radius 1 is 1.38 bits per heavy atom. The summed E-state index contributed by atoms with van der Waals surface area (Å²) in [6, 6.07) is 2.00. The predicted octanol–water partition coefficient (Wildman–Crippen LogP) is 3.17. The SMILES string of the molecule is CNC(Cc1c(F)cccc1Cl)C(F)(F)F. The van der Waals surface area contributed by atoms with E-state index in [1.54, 1.807) is 0 Å². The first kappa shape index (κ1) is 13.3. The minimum absolute atomic E-state index is 0.00417. The van der Waals surface area contributed by atoms with Crippen molar-refractivity contribution in [1.29, 1.82) is 0 Å². The second-order valence-corrected chi connectivity index (χ2v) is 3.69. The van der Waals surface area contributed by atoms with E-state index in [0.717, 1.165) is 6.07 Å². The second kappa shape index (κ2) is 5.01. The lowest BCUT2D eigenvalue weighted by atomic mass is 10.1. The van der Waals surface area contributed by atoms with Crippen LogP contribution in [0.1, 0.15) is 5.56 Å². The van der Waals surface area contributed by atoms with Gasteiger partial charge in [0.05, 0.1) is 0 Å². The third-order valence-electron chi connectivity index (χ3n) is 2.21. The first-order valence-electron chi connectivity index (χ1n) is 4.53. The van der Waals surface area contributed by atoms with E-state index in [2.05, 4.69) is 5.32 Å². The predicted molar refractivity (Wildman–Crippen MR) is 54.0 cm³/mol. The van der Waals surface area contributed by atoms with Crippen molar-refractivity contribution in [3.8, 4) is 0 Å². The molecule has 0 spiro atoms. The van der Waals surface area contributed by atoms with Crippen molar-refractivity contribution in [2.45, 2.75) is 18.6 Å². The summed E-state index contributed by atoms with van der Waals surface area (Å²) in [5, 5.41) is 2.10. The molecular formula is C10H10ClF4N. The molecule has 6 heteroatoms. The Balaban J connectivity index is 2.95. The van der Waals surface area contributed by atoms with Crippen molar-refractivity contribution in [2.24, 2.45) is 0 Å². The number of halogens is 5. The van der Waals surface area contributed by atoms with Gasteiger partial charge in [0.15, 0.2) is 0 Å². The smallest absolute Gasteiger partial charge is 0.309 e. The summed E-state index contributed by atoms with van der Waals surface area (Å²) in [7, 11) is 1.17. The average molecular weight is 256 g/mol. The molecule has 1 N–H and O–H groups in total. The van der Waals surface area contributed by atoms with Gasteiger partial charge in [-0.05, 0) is 19.2 Å². The number of benzene rings is 1. The van der Waals surface area contributed by atoms with Gasteiger partial charge in [-0.25, -0.2) is 4.39 Å². The van der Waals surface area contributed by atoms with Crippen LogP contribution in [0.15, 0.2) is 18.2 Å². The molecule has 0 aliphatic rings. The zero-order valence-corrected chi connectivity index (χ0v) is 9.16. The van der Waals surface area contributed by atoms with Crippen LogP contribution in [-0.2, 0) is 6.42 Å². The van der Waals surface area contributed by atoms with Crippen LogP contribution in [0.2, 0.25) is 5.02 Å². The molecule has 0 saturated heterocycles. The van der Waals surface area contributed by atoms with Crippen LogP contribution in [-0.4, -0.2) is 19.3 Å². The molecule has 0 fully saturated rings. The standard InChI is InChI=1S/C10H10ClF4N/c1-16-9(10(13,14)15)5-6-7(11)3-2-4-8(6)12/h2-4,9,16H,5H2,1H3. The number of alkyl halides is 3. The fourth-order valence-electron chi connectivity index (χ4n) is 1.31. The Hall–Kier alpha value is -0.810. The van der Waals surface area contributed by atoms with Crippen molar-refractivity contribution in [2.75, 3.05) is 7.05 Å². The average Bonchev–Trinajstić information content (AvgIpc) is 2.15. The molecule has 90 valence electrons. The van der Waals surface area contributed by atoms with Gasteiger partial charge < -0.3 is 5.32 Å². The maximum Gasteiger partial charge on any atom is 0.404 e. The molecule has 0 heterocycles. The van der Waals surface area contributed by atoms with Gasteiger partial charge in [0, 0.05) is 17.0 Å². The lowest BCUT2D eigenvalue weighted by Crippen LogP contribution is -2.42. The topological polar surface area (TPSA) is 12.0 Å². The Kier molecular flexibility index (Phi) is 4.15. The van der Waals surface area contributed by atoms with Crippen LogP contribution in [0, 0.1) is 5.82 Å². The van der Waals surface area contributed by atoms with Gasteiger partial charge in [-0.15, -0.1) is 0 Å². The number of nitrogens with one attached hydrogen (secondary N) is 1. The Labute approximate surface area is 95.4 Å². The summed E-state index contributed by atoms with van der Waals surface area (Å²) < 4.78 is 50.6. The summed E-state index contributed by atoms with van der Waals surface area (Å²) in [6.07, 6.45) is -4.95. The Morgan fingerprint density at radius 2 is 2.00 bits per heavy atom. The molecule has 1 atom stereocenters. The molecule has 1 aromatic carbocycles. The molecule has 1 aromatic rings. The van der Waals surface area contributed by atoms with E-state index in [9.17, 15) is 17.6 Å². The number of hydrogen-bond donors (Lipinski definition) is 1. The summed E-state index contributed by atoms with van der Waals surface area (Å²) in [4.78, 5) is 0. The molecule has 16 heavy (non-hydrogen) atoms. The van der Waals surface area contributed by atoms with Crippen LogP contribution in [0.4, 0.5) is 17.6 Å². The second-order valence-electron chi connectivity index (χ2n) is 3.29. The zero-order valence-electron chi connectivity index (χ0n) is 8.41. The van der Waals surface area contributed by atoms with Gasteiger partial charge in [0.1, 0.15) is 11.9 Å². The monoisotopic (exact) mass is 255 g/mol. The number of rotatable bonds is 3. The normalized spacial score (nSPS) is 13.9. The third kappa shape index (κ3) is 3.09. The van der Waals surface area contributed by atoms with Crippen LogP contribution in [0.25, 0.3) is 0 Å². The number of likely N-dealkylation sites (N-methyl/N-ethyl adjacent to an activating group) is 1. The minimum Gasteiger partial charge on any atom is -0.309 e. The van der Waals surface area contributed by atoms with Crippen molar-refractivity contribution >= 4 is 11.6 Å². The van der Waals surface area contributed by atoms with E-state index in [0.29, 0.717) is 0 Å². The van der Waals surface area contributed by atoms with Gasteiger partial charge in [0.25, 0.3) is 0 Å². The summed E-state index contributed by atoms with van der Waals surface area (Å²) in [6.45, 7) is 0. The lowest BCUT2D eigenvalue weighted by Gasteiger charge is -2.20. The summed E-state index contributed by atoms with van der Waals surface area (Å²) in [5.74, 6) is -0.725. The fourth-order valence-corrected chi connectivity index (χ4v) is 1.55. The fraction of sp³-hybridized carbons (Fsp3) is 0.400. The van der Waals surface area contributed by atoms with E-state index < -0.39 is 24.5 Å². The Bertz CT molecular complexity index is 344. The van der Waals surface area contributed by atoms with E-state index in [1.165, 1.54) is 19.2 Å². The Morgan fingerprint density at radius 3 is 2.44 bits per heavy atom. The van der Waals surface area contributed by atoms with E-state index in [1.807, 2.05) is 0 Å². The van der Waals surface area contributed by atoms with Crippen LogP contribution >= 0.6 is 11.6 Å². The largest absolute Gasteiger partial charge is 0.404 e. The van der Waals surface area contributed by atoms with Crippen LogP contribution < -0.4 is 5.32 Å². The molecule has 0 amide bonds. The van der Waals surface area contributed by atoms with Crippen LogP contribution in [0.3, 0.4) is 0 Å². The van der Waals surface area contributed by atoms with Crippen molar-refractivity contribution < 1.29 is 17.6 Å². The van der Waals surface area contributed by atoms with Gasteiger partial charge in [-0.1, -0.05) is 17.7 Å². The van der Waals surface area contributed by atoms with Gasteiger partial charge >= 0.3 is 6.18 Å². The third-order valence-corrected chi connectivity index (χ3v) is 2.57. The maximum absolute atomic E-state index is 13.3. The summed E-state index contributed by atoms with van der Waals surface area (Å²) in [5.41, 5.74) is -0.124. The molecule has 1 rings (SSSR count). The molecule has 0 saturated carbocycles. The molecule has 0 aliphatic carbocycles. The van der Waals surface area contributed by atoms with Gasteiger partial charge in [-0.3, -0.25) is 0 Å². The first-order chi connectivity index (χ1) is 7.36. The van der Waals surface area contributed by atoms with E-state index in [4.69, 9.17) is 11.6 Å². The highest BCUT2D eigenvalue weighted by atomic mass is 35.5. The lowest BCUT2D eigenvalue weighted by molar-refractivity contribution is -0.154.